The predicted octanol–water partition coefficient (Wildman–Crippen LogP) is 0.462. The van der Waals surface area contributed by atoms with Gasteiger partial charge in [-0.25, -0.2) is 13.1 Å². The molecule has 0 radical (unpaired) electrons. The van der Waals surface area contributed by atoms with Gasteiger partial charge in [-0.1, -0.05) is 0 Å². The topological polar surface area (TPSA) is 84.4 Å². The van der Waals surface area contributed by atoms with E-state index in [-0.39, 0.29) is 11.6 Å². The van der Waals surface area contributed by atoms with Crippen LogP contribution in [0.25, 0.3) is 0 Å². The van der Waals surface area contributed by atoms with Crippen LogP contribution in [-0.4, -0.2) is 56.2 Å². The Balaban J connectivity index is 1.68. The number of hydrogen-bond acceptors (Lipinski definition) is 6. The van der Waals surface area contributed by atoms with Crippen LogP contribution < -0.4 is 9.62 Å². The number of sulfonamides is 1. The molecule has 7 nitrogen and oxygen atoms in total. The van der Waals surface area contributed by atoms with Crippen molar-refractivity contribution in [2.75, 3.05) is 30.9 Å². The first-order valence-electron chi connectivity index (χ1n) is 7.52. The molecule has 0 bridgehead atoms. The average Bonchev–Trinajstić information content (AvgIpc) is 2.81. The zero-order chi connectivity index (χ0) is 15.8. The Morgan fingerprint density at radius 3 is 2.91 bits per heavy atom. The van der Waals surface area contributed by atoms with E-state index < -0.39 is 10.0 Å². The summed E-state index contributed by atoms with van der Waals surface area (Å²) in [6.07, 6.45) is 3.51. The van der Waals surface area contributed by atoms with Gasteiger partial charge in [0.25, 0.3) is 0 Å². The molecule has 3 heterocycles. The second-order valence-electron chi connectivity index (χ2n) is 6.32. The smallest absolute Gasteiger partial charge is 0.208 e. The molecule has 8 heteroatoms. The van der Waals surface area contributed by atoms with Crippen molar-refractivity contribution >= 4 is 15.8 Å². The zero-order valence-electron chi connectivity index (χ0n) is 12.9. The lowest BCUT2D eigenvalue weighted by atomic mass is 9.90. The van der Waals surface area contributed by atoms with E-state index in [1.807, 2.05) is 19.1 Å². The van der Waals surface area contributed by atoms with E-state index >= 15 is 0 Å². The number of anilines is 1. The third kappa shape index (κ3) is 3.56. The first-order valence-corrected chi connectivity index (χ1v) is 9.41. The predicted molar refractivity (Wildman–Crippen MR) is 83.3 cm³/mol. The van der Waals surface area contributed by atoms with Crippen LogP contribution in [0.2, 0.25) is 0 Å². The van der Waals surface area contributed by atoms with E-state index in [9.17, 15) is 8.42 Å². The second kappa shape index (κ2) is 5.75. The summed E-state index contributed by atoms with van der Waals surface area (Å²) >= 11 is 0. The minimum Gasteiger partial charge on any atom is -0.373 e. The molecule has 2 saturated heterocycles. The van der Waals surface area contributed by atoms with Crippen molar-refractivity contribution < 1.29 is 13.2 Å². The van der Waals surface area contributed by atoms with Crippen molar-refractivity contribution in [3.63, 3.8) is 0 Å². The molecule has 0 saturated carbocycles. The van der Waals surface area contributed by atoms with Gasteiger partial charge in [0.15, 0.2) is 5.82 Å². The Morgan fingerprint density at radius 2 is 2.23 bits per heavy atom. The summed E-state index contributed by atoms with van der Waals surface area (Å²) < 4.78 is 31.6. The van der Waals surface area contributed by atoms with Crippen molar-refractivity contribution in [3.05, 3.63) is 17.8 Å². The third-order valence-electron chi connectivity index (χ3n) is 4.30. The molecular formula is C14H22N4O3S. The summed E-state index contributed by atoms with van der Waals surface area (Å²) in [6, 6.07) is 3.87. The Labute approximate surface area is 131 Å². The molecule has 1 spiro atoms. The maximum absolute atomic E-state index is 11.4. The molecule has 0 aliphatic carbocycles. The number of rotatable bonds is 3. The first-order chi connectivity index (χ1) is 10.4. The van der Waals surface area contributed by atoms with E-state index in [1.54, 1.807) is 0 Å². The Bertz CT molecular complexity index is 634. The van der Waals surface area contributed by atoms with Gasteiger partial charge >= 0.3 is 0 Å². The Hall–Kier alpha value is -1.25. The second-order valence-corrected chi connectivity index (χ2v) is 8.10. The molecule has 22 heavy (non-hydrogen) atoms. The quantitative estimate of drug-likeness (QED) is 0.869. The van der Waals surface area contributed by atoms with Crippen LogP contribution in [-0.2, 0) is 14.8 Å². The molecule has 3 rings (SSSR count). The summed E-state index contributed by atoms with van der Waals surface area (Å²) in [5.41, 5.74) is 0.608. The van der Waals surface area contributed by atoms with Crippen molar-refractivity contribution in [1.29, 1.82) is 0 Å². The normalized spacial score (nSPS) is 29.2. The molecule has 1 aromatic rings. The molecule has 2 aliphatic heterocycles. The van der Waals surface area contributed by atoms with E-state index in [1.165, 1.54) is 6.26 Å². The average molecular weight is 326 g/mol. The molecule has 2 fully saturated rings. The van der Waals surface area contributed by atoms with Gasteiger partial charge in [-0.05, 0) is 38.3 Å². The van der Waals surface area contributed by atoms with E-state index in [0.29, 0.717) is 13.0 Å². The minimum atomic E-state index is -3.18. The fraction of sp³-hybridized carbons (Fsp3) is 0.714. The van der Waals surface area contributed by atoms with Crippen molar-refractivity contribution in [1.82, 2.24) is 14.9 Å². The van der Waals surface area contributed by atoms with Gasteiger partial charge in [-0.15, -0.1) is 5.10 Å². The number of hydrogen-bond donors (Lipinski definition) is 1. The highest BCUT2D eigenvalue weighted by atomic mass is 32.2. The lowest BCUT2D eigenvalue weighted by Crippen LogP contribution is -2.49. The van der Waals surface area contributed by atoms with Crippen molar-refractivity contribution in [2.24, 2.45) is 0 Å². The molecule has 2 atom stereocenters. The number of nitrogens with zero attached hydrogens (tertiary/aromatic N) is 3. The fourth-order valence-electron chi connectivity index (χ4n) is 3.32. The van der Waals surface area contributed by atoms with Gasteiger partial charge in [0.2, 0.25) is 10.0 Å². The van der Waals surface area contributed by atoms with Crippen LogP contribution in [0.5, 0.6) is 0 Å². The largest absolute Gasteiger partial charge is 0.373 e. The first kappa shape index (κ1) is 15.6. The number of aryl methyl sites for hydroxylation is 1. The van der Waals surface area contributed by atoms with E-state index in [2.05, 4.69) is 19.8 Å². The van der Waals surface area contributed by atoms with E-state index in [0.717, 1.165) is 37.4 Å². The minimum absolute atomic E-state index is 0.0483. The molecule has 0 amide bonds. The van der Waals surface area contributed by atoms with Crippen LogP contribution in [0.4, 0.5) is 5.82 Å². The molecule has 0 aromatic carbocycles. The summed E-state index contributed by atoms with van der Waals surface area (Å²) in [7, 11) is -3.18. The maximum atomic E-state index is 11.4. The SMILES string of the molecule is Cc1ccc(N2CC[C@@]3(C[C@@H](NS(C)(=O)=O)CCO3)C2)nn1. The van der Waals surface area contributed by atoms with E-state index in [4.69, 9.17) is 4.74 Å². The van der Waals surface area contributed by atoms with Gasteiger partial charge in [0.1, 0.15) is 0 Å². The molecule has 2 aliphatic rings. The van der Waals surface area contributed by atoms with Gasteiger partial charge in [0.05, 0.1) is 17.6 Å². The zero-order valence-corrected chi connectivity index (χ0v) is 13.8. The standard InChI is InChI=1S/C14H22N4O3S/c1-11-3-4-13(16-15-11)18-7-6-14(10-18)9-12(5-8-21-14)17-22(2,19)20/h3-4,12,17H,5-10H2,1-2H3/t12-,14+/m0/s1. The summed E-state index contributed by atoms with van der Waals surface area (Å²) in [5, 5.41) is 8.32. The van der Waals surface area contributed by atoms with Crippen LogP contribution in [0.1, 0.15) is 25.0 Å². The molecule has 122 valence electrons. The highest BCUT2D eigenvalue weighted by Gasteiger charge is 2.44. The highest BCUT2D eigenvalue weighted by Crippen LogP contribution is 2.35. The lowest BCUT2D eigenvalue weighted by Gasteiger charge is -2.38. The number of aromatic nitrogens is 2. The van der Waals surface area contributed by atoms with Crippen LogP contribution in [0.15, 0.2) is 12.1 Å². The Kier molecular flexibility index (Phi) is 4.09. The van der Waals surface area contributed by atoms with Crippen molar-refractivity contribution in [3.8, 4) is 0 Å². The highest BCUT2D eigenvalue weighted by molar-refractivity contribution is 7.88. The fourth-order valence-corrected chi connectivity index (χ4v) is 4.12. The monoisotopic (exact) mass is 326 g/mol. The summed E-state index contributed by atoms with van der Waals surface area (Å²) in [4.78, 5) is 2.16. The molecule has 1 aromatic heterocycles. The van der Waals surface area contributed by atoms with Gasteiger partial charge in [-0.3, -0.25) is 0 Å². The van der Waals surface area contributed by atoms with Crippen molar-refractivity contribution in [2.45, 2.75) is 37.8 Å². The van der Waals surface area contributed by atoms with Crippen LogP contribution in [0.3, 0.4) is 0 Å². The molecular weight excluding hydrogens is 304 g/mol. The number of ether oxygens (including phenoxy) is 1. The summed E-state index contributed by atoms with van der Waals surface area (Å²) in [5.74, 6) is 0.851. The Morgan fingerprint density at radius 1 is 1.41 bits per heavy atom. The molecule has 1 N–H and O–H groups in total. The van der Waals surface area contributed by atoms with Crippen LogP contribution >= 0.6 is 0 Å². The van der Waals surface area contributed by atoms with Gasteiger partial charge in [-0.2, -0.15) is 5.10 Å². The third-order valence-corrected chi connectivity index (χ3v) is 5.06. The van der Waals surface area contributed by atoms with Crippen LogP contribution in [0, 0.1) is 6.92 Å². The number of nitrogens with one attached hydrogen (secondary N) is 1. The summed E-state index contributed by atoms with van der Waals surface area (Å²) in [6.45, 7) is 4.07. The van der Waals surface area contributed by atoms with Gasteiger partial charge < -0.3 is 9.64 Å². The lowest BCUT2D eigenvalue weighted by molar-refractivity contribution is -0.0706. The van der Waals surface area contributed by atoms with Gasteiger partial charge in [0, 0.05) is 25.7 Å². The molecule has 0 unspecified atom stereocenters. The maximum Gasteiger partial charge on any atom is 0.208 e.